The van der Waals surface area contributed by atoms with Gasteiger partial charge in [-0.1, -0.05) is 188 Å². The molecule has 4 heterocycles. The van der Waals surface area contributed by atoms with Gasteiger partial charge >= 0.3 is 0 Å². The van der Waals surface area contributed by atoms with E-state index in [1.165, 1.54) is 103 Å². The first kappa shape index (κ1) is 43.2. The molecule has 0 fully saturated rings. The van der Waals surface area contributed by atoms with Crippen molar-refractivity contribution in [2.24, 2.45) is 0 Å². The number of furan rings is 1. The fourth-order valence-corrected chi connectivity index (χ4v) is 13.3. The van der Waals surface area contributed by atoms with E-state index in [4.69, 9.17) is 4.42 Å². The van der Waals surface area contributed by atoms with Crippen LogP contribution in [0, 0.1) is 0 Å². The fraction of sp³-hybridized carbons (Fsp3) is 0.164. The van der Waals surface area contributed by atoms with Gasteiger partial charge in [0, 0.05) is 86.4 Å². The number of hydrogen-bond acceptors (Lipinski definition) is 3. The monoisotopic (exact) mass is 946 g/mol. The third-order valence-corrected chi connectivity index (χ3v) is 17.3. The largest absolute Gasteiger partial charge is 0.455 e. The van der Waals surface area contributed by atoms with Crippen LogP contribution in [0.3, 0.4) is 0 Å². The van der Waals surface area contributed by atoms with Gasteiger partial charge in [0.1, 0.15) is 11.5 Å². The third kappa shape index (κ3) is 6.42. The predicted octanol–water partition coefficient (Wildman–Crippen LogP) is 17.2. The lowest BCUT2D eigenvalue weighted by molar-refractivity contribution is 0.584. The number of thiophene rings is 1. The fourth-order valence-electron chi connectivity index (χ4n) is 12.2. The summed E-state index contributed by atoms with van der Waals surface area (Å²) in [4.78, 5) is 0. The van der Waals surface area contributed by atoms with E-state index < -0.39 is 0 Å². The van der Waals surface area contributed by atoms with Gasteiger partial charge in [-0.25, -0.2) is 0 Å². The summed E-state index contributed by atoms with van der Waals surface area (Å²) < 4.78 is 12.3. The summed E-state index contributed by atoms with van der Waals surface area (Å²) >= 11 is 1.89. The SMILES string of the molecule is CC(C)(C)c1ccc(Nc2cc3c(cc2-c2ccc4c5cc6c(cc5n5c4c2Bc2cc4c(-c7ccccc7)oc(-c7ccccc7)c4cc2-5)sc2ccccc26)-c2ccc(C(C)(C)C)cc2C3(C)C)cc1. The molecule has 0 unspecified atom stereocenters. The molecule has 0 spiro atoms. The average Bonchev–Trinajstić information content (AvgIpc) is 4.10. The average molecular weight is 947 g/mol. The van der Waals surface area contributed by atoms with Crippen molar-refractivity contribution in [1.29, 1.82) is 0 Å². The highest BCUT2D eigenvalue weighted by molar-refractivity contribution is 7.25. The molecule has 2 aliphatic rings. The van der Waals surface area contributed by atoms with Crippen LogP contribution in [0.2, 0.25) is 0 Å². The van der Waals surface area contributed by atoms with Crippen LogP contribution in [-0.2, 0) is 16.2 Å². The molecule has 1 aliphatic heterocycles. The van der Waals surface area contributed by atoms with Crippen molar-refractivity contribution in [2.75, 3.05) is 5.32 Å². The van der Waals surface area contributed by atoms with E-state index in [1.807, 2.05) is 11.3 Å². The van der Waals surface area contributed by atoms with Gasteiger partial charge in [-0.15, -0.1) is 11.3 Å². The van der Waals surface area contributed by atoms with Crippen LogP contribution in [-0.4, -0.2) is 11.8 Å². The summed E-state index contributed by atoms with van der Waals surface area (Å²) in [5.74, 6) is 1.80. The zero-order valence-electron chi connectivity index (χ0n) is 42.2. The van der Waals surface area contributed by atoms with Crippen LogP contribution in [0.1, 0.15) is 77.6 Å². The zero-order valence-corrected chi connectivity index (χ0v) is 43.0. The summed E-state index contributed by atoms with van der Waals surface area (Å²) in [6.07, 6.45) is 0. The van der Waals surface area contributed by atoms with Crippen LogP contribution in [0.5, 0.6) is 0 Å². The number of fused-ring (bicyclic) bond motifs is 12. The molecule has 5 heteroatoms. The molecule has 1 N–H and O–H groups in total. The van der Waals surface area contributed by atoms with Gasteiger partial charge in [0.25, 0.3) is 0 Å². The van der Waals surface area contributed by atoms with Crippen LogP contribution in [0.25, 0.3) is 103 Å². The number of rotatable bonds is 5. The maximum atomic E-state index is 7.06. The third-order valence-electron chi connectivity index (χ3n) is 16.1. The Morgan fingerprint density at radius 1 is 0.500 bits per heavy atom. The number of nitrogens with zero attached hydrogens (tertiary/aromatic N) is 1. The lowest BCUT2D eigenvalue weighted by atomic mass is 9.58. The van der Waals surface area contributed by atoms with Crippen LogP contribution >= 0.6 is 11.3 Å². The summed E-state index contributed by atoms with van der Waals surface area (Å²) in [5.41, 5.74) is 21.1. The molecular weight excluding hydrogens is 892 g/mol. The van der Waals surface area contributed by atoms with Crippen molar-refractivity contribution >= 4 is 93.7 Å². The lowest BCUT2D eigenvalue weighted by Crippen LogP contribution is -2.37. The van der Waals surface area contributed by atoms with Gasteiger partial charge in [-0.05, 0) is 104 Å². The predicted molar refractivity (Wildman–Crippen MR) is 311 cm³/mol. The maximum Gasteiger partial charge on any atom is 0.198 e. The molecule has 12 aromatic rings. The Morgan fingerprint density at radius 3 is 1.85 bits per heavy atom. The first-order valence-electron chi connectivity index (χ1n) is 25.5. The minimum atomic E-state index is -0.192. The standard InChI is InChI=1S/C67H55BN2OS/c1-65(2,3)40-23-26-42(27-24-40)69-56-36-54-47(43-28-25-41(66(4,5)6)31-53(43)67(54,7)8)32-48(56)45-29-30-46-49-33-50-44-21-15-16-22-59(44)72-60(50)37-57(49)70-58-35-52-51(34-55(58)68-61(45)62(46)70)63(38-17-11-9-12-18-38)71-64(52)39-19-13-10-14-20-39/h9-37,68-69H,1-8H3. The van der Waals surface area contributed by atoms with E-state index in [1.54, 1.807) is 0 Å². The topological polar surface area (TPSA) is 30.1 Å². The van der Waals surface area contributed by atoms with Crippen molar-refractivity contribution < 1.29 is 4.42 Å². The lowest BCUT2D eigenvalue weighted by Gasteiger charge is -2.27. The van der Waals surface area contributed by atoms with Crippen LogP contribution in [0.4, 0.5) is 11.4 Å². The number of nitrogens with one attached hydrogen (secondary N) is 1. The van der Waals surface area contributed by atoms with Gasteiger partial charge in [0.05, 0.1) is 5.52 Å². The van der Waals surface area contributed by atoms with E-state index in [0.29, 0.717) is 0 Å². The number of anilines is 2. The Balaban J connectivity index is 1.06. The van der Waals surface area contributed by atoms with Crippen molar-refractivity contribution in [2.45, 2.75) is 71.6 Å². The maximum absolute atomic E-state index is 7.06. The summed E-state index contributed by atoms with van der Waals surface area (Å²) in [6, 6.07) is 66.1. The summed E-state index contributed by atoms with van der Waals surface area (Å²) in [7, 11) is 0.763. The van der Waals surface area contributed by atoms with Gasteiger partial charge in [-0.3, -0.25) is 0 Å². The second-order valence-electron chi connectivity index (χ2n) is 23.0. The molecule has 9 aromatic carbocycles. The summed E-state index contributed by atoms with van der Waals surface area (Å²) in [5, 5.41) is 11.5. The molecule has 0 saturated carbocycles. The molecule has 3 nitrogen and oxygen atoms in total. The molecule has 1 aliphatic carbocycles. The van der Waals surface area contributed by atoms with Gasteiger partial charge in [0.2, 0.25) is 0 Å². The second kappa shape index (κ2) is 15.2. The molecule has 0 atom stereocenters. The highest BCUT2D eigenvalue weighted by atomic mass is 32.1. The first-order valence-corrected chi connectivity index (χ1v) is 26.3. The molecular formula is C67H55BN2OS. The molecule has 72 heavy (non-hydrogen) atoms. The Bertz CT molecular complexity index is 4230. The minimum absolute atomic E-state index is 0.0407. The first-order chi connectivity index (χ1) is 34.7. The smallest absolute Gasteiger partial charge is 0.198 e. The van der Waals surface area contributed by atoms with Crippen LogP contribution in [0.15, 0.2) is 180 Å². The molecule has 0 radical (unpaired) electrons. The summed E-state index contributed by atoms with van der Waals surface area (Å²) in [6.45, 7) is 18.6. The Kier molecular flexibility index (Phi) is 9.13. The van der Waals surface area contributed by atoms with E-state index in [0.717, 1.165) is 52.1 Å². The molecule has 0 bridgehead atoms. The normalized spacial score (nSPS) is 13.8. The van der Waals surface area contributed by atoms with E-state index >= 15 is 0 Å². The molecule has 3 aromatic heterocycles. The Labute approximate surface area is 426 Å². The molecule has 0 saturated heterocycles. The Hall–Kier alpha value is -7.60. The van der Waals surface area contributed by atoms with E-state index in [9.17, 15) is 0 Å². The molecule has 0 amide bonds. The number of hydrogen-bond donors (Lipinski definition) is 1. The van der Waals surface area contributed by atoms with E-state index in [2.05, 4.69) is 241 Å². The highest BCUT2D eigenvalue weighted by Gasteiger charge is 2.38. The van der Waals surface area contributed by atoms with E-state index in [-0.39, 0.29) is 16.2 Å². The number of aromatic nitrogens is 1. The number of benzene rings is 9. The van der Waals surface area contributed by atoms with Crippen molar-refractivity contribution in [1.82, 2.24) is 4.57 Å². The minimum Gasteiger partial charge on any atom is -0.455 e. The molecule has 14 rings (SSSR count). The second-order valence-corrected chi connectivity index (χ2v) is 24.1. The zero-order chi connectivity index (χ0) is 49.0. The van der Waals surface area contributed by atoms with Gasteiger partial charge in [-0.2, -0.15) is 0 Å². The van der Waals surface area contributed by atoms with Crippen molar-refractivity contribution in [3.05, 3.63) is 198 Å². The molecule has 348 valence electrons. The Morgan fingerprint density at radius 2 is 1.14 bits per heavy atom. The highest BCUT2D eigenvalue weighted by Crippen LogP contribution is 2.53. The van der Waals surface area contributed by atoms with Gasteiger partial charge in [0.15, 0.2) is 7.28 Å². The van der Waals surface area contributed by atoms with Crippen LogP contribution < -0.4 is 16.2 Å². The van der Waals surface area contributed by atoms with Crippen molar-refractivity contribution in [3.63, 3.8) is 0 Å². The van der Waals surface area contributed by atoms with Gasteiger partial charge < -0.3 is 14.3 Å². The quantitative estimate of drug-likeness (QED) is 0.174. The van der Waals surface area contributed by atoms with Crippen molar-refractivity contribution in [3.8, 4) is 50.6 Å².